The number of carbonyl (C=O) groups is 2. The average molecular weight is 573 g/mol. The van der Waals surface area contributed by atoms with Gasteiger partial charge in [-0.15, -0.1) is 0 Å². The molecule has 1 amide bonds. The second-order valence-corrected chi connectivity index (χ2v) is 11.5. The van der Waals surface area contributed by atoms with Crippen LogP contribution >= 0.6 is 11.6 Å². The van der Waals surface area contributed by atoms with Gasteiger partial charge in [0.2, 0.25) is 5.91 Å². The Morgan fingerprint density at radius 1 is 1.10 bits per heavy atom. The number of aromatic nitrogens is 6. The quantitative estimate of drug-likeness (QED) is 0.218. The number of aliphatic carboxylic acids is 1. The van der Waals surface area contributed by atoms with Crippen LogP contribution in [0, 0.1) is 5.41 Å². The molecule has 0 saturated heterocycles. The summed E-state index contributed by atoms with van der Waals surface area (Å²) < 4.78 is 3.81. The summed E-state index contributed by atoms with van der Waals surface area (Å²) in [6.07, 6.45) is 11.6. The van der Waals surface area contributed by atoms with Gasteiger partial charge in [0.1, 0.15) is 23.6 Å². The Labute approximate surface area is 240 Å². The van der Waals surface area contributed by atoms with Gasteiger partial charge in [-0.3, -0.25) is 9.59 Å². The van der Waals surface area contributed by atoms with Gasteiger partial charge < -0.3 is 24.5 Å². The number of anilines is 2. The molecule has 5 aromatic rings. The first kappa shape index (κ1) is 26.7. The highest BCUT2D eigenvalue weighted by Gasteiger charge is 2.31. The van der Waals surface area contributed by atoms with E-state index in [2.05, 4.69) is 37.8 Å². The lowest BCUT2D eigenvalue weighted by Gasteiger charge is -2.20. The van der Waals surface area contributed by atoms with Gasteiger partial charge in [0.25, 0.3) is 0 Å². The Kier molecular flexibility index (Phi) is 6.82. The molecule has 6 rings (SSSR count). The molecule has 0 aromatic carbocycles. The normalized spacial score (nSPS) is 13.5. The van der Waals surface area contributed by atoms with E-state index in [1.807, 2.05) is 15.0 Å². The Bertz CT molecular complexity index is 1790. The summed E-state index contributed by atoms with van der Waals surface area (Å²) in [6, 6.07) is 7.29. The van der Waals surface area contributed by atoms with Crippen molar-refractivity contribution in [1.29, 1.82) is 0 Å². The Hall–Kier alpha value is -4.51. The minimum absolute atomic E-state index is 0.0642. The molecule has 0 atom stereocenters. The molecule has 0 aliphatic heterocycles. The van der Waals surface area contributed by atoms with Gasteiger partial charge >= 0.3 is 5.97 Å². The molecule has 1 saturated carbocycles. The fourth-order valence-corrected chi connectivity index (χ4v) is 5.01. The number of halogens is 1. The topological polar surface area (TPSA) is 139 Å². The third-order valence-corrected chi connectivity index (χ3v) is 7.49. The Balaban J connectivity index is 1.15. The number of hydrogen-bond acceptors (Lipinski definition) is 7. The fraction of sp³-hybridized carbons (Fsp3) is 0.310. The van der Waals surface area contributed by atoms with E-state index < -0.39 is 11.4 Å². The van der Waals surface area contributed by atoms with Crippen molar-refractivity contribution in [2.45, 2.75) is 52.0 Å². The van der Waals surface area contributed by atoms with Crippen LogP contribution in [-0.2, 0) is 29.0 Å². The van der Waals surface area contributed by atoms with E-state index in [1.165, 1.54) is 11.9 Å². The monoisotopic (exact) mass is 572 g/mol. The number of hydrogen-bond donors (Lipinski definition) is 3. The molecule has 0 radical (unpaired) electrons. The first-order valence-electron chi connectivity index (χ1n) is 13.4. The second kappa shape index (κ2) is 10.5. The molecule has 1 fully saturated rings. The molecule has 0 unspecified atom stereocenters. The van der Waals surface area contributed by atoms with Crippen LogP contribution in [0.4, 0.5) is 11.6 Å². The molecule has 210 valence electrons. The number of carbonyl (C=O) groups excluding carboxylic acids is 1. The van der Waals surface area contributed by atoms with E-state index in [1.54, 1.807) is 44.6 Å². The van der Waals surface area contributed by atoms with Crippen LogP contribution in [0.15, 0.2) is 55.5 Å². The highest BCUT2D eigenvalue weighted by Crippen LogP contribution is 2.41. The van der Waals surface area contributed by atoms with Crippen molar-refractivity contribution < 1.29 is 14.7 Å². The molecular weight excluding hydrogens is 544 g/mol. The van der Waals surface area contributed by atoms with Gasteiger partial charge in [-0.05, 0) is 62.3 Å². The molecule has 5 heterocycles. The number of nitrogens with zero attached hydrogens (tertiary/aromatic N) is 6. The predicted octanol–water partition coefficient (Wildman–Crippen LogP) is 4.75. The average Bonchev–Trinajstić information content (AvgIpc) is 3.59. The van der Waals surface area contributed by atoms with Crippen molar-refractivity contribution >= 4 is 46.3 Å². The largest absolute Gasteiger partial charge is 0.481 e. The SMILES string of the molecule is CC(C)(Cc1cc(C2CC2)cn2cc(CNc3cc(NC(=O)Cc4ncn5ccc(Cl)cc45)ncn3)nc12)C(=O)O. The van der Waals surface area contributed by atoms with Crippen LogP contribution in [0.25, 0.3) is 11.2 Å². The third kappa shape index (κ3) is 5.85. The summed E-state index contributed by atoms with van der Waals surface area (Å²) >= 11 is 6.10. The molecule has 12 heteroatoms. The van der Waals surface area contributed by atoms with Gasteiger partial charge in [0, 0.05) is 29.7 Å². The number of carboxylic acid groups (broad SMARTS) is 1. The first-order valence-corrected chi connectivity index (χ1v) is 13.7. The zero-order valence-electron chi connectivity index (χ0n) is 22.6. The minimum Gasteiger partial charge on any atom is -0.481 e. The van der Waals surface area contributed by atoms with Gasteiger partial charge in [-0.25, -0.2) is 19.9 Å². The molecule has 3 N–H and O–H groups in total. The summed E-state index contributed by atoms with van der Waals surface area (Å²) in [6.45, 7) is 3.85. The van der Waals surface area contributed by atoms with E-state index in [0.29, 0.717) is 41.2 Å². The first-order chi connectivity index (χ1) is 19.6. The smallest absolute Gasteiger partial charge is 0.309 e. The molecule has 0 spiro atoms. The van der Waals surface area contributed by atoms with Crippen molar-refractivity contribution in [2.24, 2.45) is 5.41 Å². The van der Waals surface area contributed by atoms with Gasteiger partial charge in [-0.2, -0.15) is 0 Å². The number of rotatable bonds is 10. The van der Waals surface area contributed by atoms with E-state index in [9.17, 15) is 14.7 Å². The lowest BCUT2D eigenvalue weighted by atomic mass is 9.86. The molecule has 1 aliphatic carbocycles. The van der Waals surface area contributed by atoms with Crippen LogP contribution in [-0.4, -0.2) is 45.7 Å². The second-order valence-electron chi connectivity index (χ2n) is 11.1. The van der Waals surface area contributed by atoms with Crippen molar-refractivity contribution in [3.05, 3.63) is 83.0 Å². The summed E-state index contributed by atoms with van der Waals surface area (Å²) in [7, 11) is 0. The lowest BCUT2D eigenvalue weighted by molar-refractivity contribution is -0.146. The van der Waals surface area contributed by atoms with E-state index in [0.717, 1.165) is 35.3 Å². The third-order valence-electron chi connectivity index (χ3n) is 7.25. The van der Waals surface area contributed by atoms with Crippen LogP contribution < -0.4 is 10.6 Å². The highest BCUT2D eigenvalue weighted by atomic mass is 35.5. The molecule has 1 aliphatic rings. The molecule has 41 heavy (non-hydrogen) atoms. The fourth-order valence-electron chi connectivity index (χ4n) is 4.85. The maximum atomic E-state index is 12.7. The number of nitrogens with one attached hydrogen (secondary N) is 2. The van der Waals surface area contributed by atoms with E-state index >= 15 is 0 Å². The van der Waals surface area contributed by atoms with Crippen LogP contribution in [0.3, 0.4) is 0 Å². The predicted molar refractivity (Wildman–Crippen MR) is 154 cm³/mol. The maximum absolute atomic E-state index is 12.7. The van der Waals surface area contributed by atoms with Crippen molar-refractivity contribution in [1.82, 2.24) is 28.7 Å². The molecule has 0 bridgehead atoms. The van der Waals surface area contributed by atoms with Crippen molar-refractivity contribution in [2.75, 3.05) is 10.6 Å². The van der Waals surface area contributed by atoms with Crippen LogP contribution in [0.1, 0.15) is 55.1 Å². The summed E-state index contributed by atoms with van der Waals surface area (Å²) in [5.74, 6) is 0.304. The zero-order valence-corrected chi connectivity index (χ0v) is 23.4. The van der Waals surface area contributed by atoms with Gasteiger partial charge in [-0.1, -0.05) is 17.7 Å². The van der Waals surface area contributed by atoms with E-state index in [-0.39, 0.29) is 12.3 Å². The number of pyridine rings is 2. The van der Waals surface area contributed by atoms with Crippen LogP contribution in [0.2, 0.25) is 5.02 Å². The van der Waals surface area contributed by atoms with Crippen molar-refractivity contribution in [3.63, 3.8) is 0 Å². The van der Waals surface area contributed by atoms with E-state index in [4.69, 9.17) is 16.6 Å². The summed E-state index contributed by atoms with van der Waals surface area (Å²) in [5, 5.41) is 16.3. The molecule has 5 aromatic heterocycles. The number of amides is 1. The number of carboxylic acids is 1. The minimum atomic E-state index is -0.910. The van der Waals surface area contributed by atoms with Gasteiger partial charge in [0.15, 0.2) is 0 Å². The summed E-state index contributed by atoms with van der Waals surface area (Å²) in [5.41, 5.74) is 4.14. The zero-order chi connectivity index (χ0) is 28.7. The lowest BCUT2D eigenvalue weighted by Crippen LogP contribution is -2.26. The Morgan fingerprint density at radius 3 is 2.68 bits per heavy atom. The number of imidazole rings is 2. The maximum Gasteiger partial charge on any atom is 0.309 e. The van der Waals surface area contributed by atoms with Crippen molar-refractivity contribution in [3.8, 4) is 0 Å². The number of fused-ring (bicyclic) bond motifs is 2. The molecular formula is C29H29ClN8O3. The summed E-state index contributed by atoms with van der Waals surface area (Å²) in [4.78, 5) is 42.1. The van der Waals surface area contributed by atoms with Gasteiger partial charge in [0.05, 0.1) is 41.6 Å². The highest BCUT2D eigenvalue weighted by molar-refractivity contribution is 6.30. The standard InChI is InChI=1S/C29H29ClN8O3/c1-29(2,28(40)41)11-18-7-19(17-3-4-17)13-38-14-21(35-27(18)38)12-31-24-10-25(33-15-32-24)36-26(39)9-22-23-8-20(30)5-6-37(23)16-34-22/h5-8,10,13-17H,3-4,9,11-12H2,1-2H3,(H,40,41)(H2,31,32,33,36,39). The van der Waals surface area contributed by atoms with Crippen LogP contribution in [0.5, 0.6) is 0 Å². The molecule has 11 nitrogen and oxygen atoms in total. The Morgan fingerprint density at radius 2 is 1.90 bits per heavy atom.